The number of anilines is 1. The van der Waals surface area contributed by atoms with Crippen LogP contribution in [-0.2, 0) is 10.0 Å². The molecule has 0 amide bonds. The summed E-state index contributed by atoms with van der Waals surface area (Å²) in [6.07, 6.45) is -5.02. The summed E-state index contributed by atoms with van der Waals surface area (Å²) in [6.45, 7) is 0. The van der Waals surface area contributed by atoms with Gasteiger partial charge in [-0.05, 0) is 18.2 Å². The lowest BCUT2D eigenvalue weighted by atomic mass is 10.3. The molecule has 0 bridgehead atoms. The Labute approximate surface area is 145 Å². The van der Waals surface area contributed by atoms with Crippen molar-refractivity contribution < 1.29 is 36.0 Å². The summed E-state index contributed by atoms with van der Waals surface area (Å²) >= 11 is 0. The average molecular weight is 392 g/mol. The lowest BCUT2D eigenvalue weighted by molar-refractivity contribution is -0.385. The van der Waals surface area contributed by atoms with E-state index in [0.29, 0.717) is 0 Å². The topological polar surface area (TPSA) is 108 Å². The summed E-state index contributed by atoms with van der Waals surface area (Å²) in [5.74, 6) is -1.11. The number of para-hydroxylation sites is 2. The number of methoxy groups -OCH3 is 1. The number of hydrogen-bond acceptors (Lipinski definition) is 6. The zero-order valence-electron chi connectivity index (χ0n) is 13.0. The van der Waals surface area contributed by atoms with Crippen LogP contribution in [0.4, 0.5) is 24.5 Å². The third-order valence-electron chi connectivity index (χ3n) is 3.00. The van der Waals surface area contributed by atoms with Crippen molar-refractivity contribution in [3.63, 3.8) is 0 Å². The second-order valence-corrected chi connectivity index (χ2v) is 6.39. The molecule has 0 aliphatic rings. The Morgan fingerprint density at radius 1 is 1.12 bits per heavy atom. The molecule has 1 N–H and O–H groups in total. The van der Waals surface area contributed by atoms with E-state index in [0.717, 1.165) is 37.4 Å². The van der Waals surface area contributed by atoms with E-state index in [9.17, 15) is 31.7 Å². The summed E-state index contributed by atoms with van der Waals surface area (Å²) in [5.41, 5.74) is -0.883. The number of ether oxygens (including phenoxy) is 2. The normalized spacial score (nSPS) is 11.7. The first-order valence-electron chi connectivity index (χ1n) is 6.73. The molecule has 2 aromatic carbocycles. The third kappa shape index (κ3) is 4.53. The van der Waals surface area contributed by atoms with Gasteiger partial charge in [0.25, 0.3) is 15.7 Å². The quantitative estimate of drug-likeness (QED) is 0.597. The van der Waals surface area contributed by atoms with Crippen molar-refractivity contribution in [2.75, 3.05) is 11.8 Å². The molecule has 0 radical (unpaired) electrons. The molecular formula is C14H11F3N2O6S. The number of halogens is 3. The Morgan fingerprint density at radius 3 is 2.35 bits per heavy atom. The molecule has 0 saturated heterocycles. The molecule has 0 aromatic heterocycles. The summed E-state index contributed by atoms with van der Waals surface area (Å²) < 4.78 is 72.8. The fourth-order valence-corrected chi connectivity index (χ4v) is 3.18. The number of sulfonamides is 1. The lowest BCUT2D eigenvalue weighted by Crippen LogP contribution is -2.20. The molecule has 0 spiro atoms. The minimum Gasteiger partial charge on any atom is -0.495 e. The summed E-state index contributed by atoms with van der Waals surface area (Å²) in [6, 6.07) is 7.24. The zero-order chi connectivity index (χ0) is 19.5. The molecule has 0 atom stereocenters. The minimum absolute atomic E-state index is 0.346. The lowest BCUT2D eigenvalue weighted by Gasteiger charge is -2.15. The minimum atomic E-state index is -5.02. The maximum atomic E-state index is 12.5. The number of nitro benzene ring substituents is 1. The van der Waals surface area contributed by atoms with E-state index in [4.69, 9.17) is 4.74 Å². The van der Waals surface area contributed by atoms with E-state index >= 15 is 0 Å². The van der Waals surface area contributed by atoms with Crippen molar-refractivity contribution in [1.29, 1.82) is 0 Å². The molecule has 0 saturated carbocycles. The Balaban J connectivity index is 2.43. The van der Waals surface area contributed by atoms with Crippen molar-refractivity contribution in [3.05, 3.63) is 52.6 Å². The van der Waals surface area contributed by atoms with Gasteiger partial charge in [0, 0.05) is 6.07 Å². The van der Waals surface area contributed by atoms with E-state index < -0.39 is 43.3 Å². The first kappa shape index (κ1) is 19.3. The SMILES string of the molecule is COc1cc([N+](=O)[O-])ccc1S(=O)(=O)Nc1ccccc1OC(F)(F)F. The van der Waals surface area contributed by atoms with Crippen LogP contribution in [0.1, 0.15) is 0 Å². The fraction of sp³-hybridized carbons (Fsp3) is 0.143. The van der Waals surface area contributed by atoms with Crippen LogP contribution >= 0.6 is 0 Å². The maximum Gasteiger partial charge on any atom is 0.573 e. The van der Waals surface area contributed by atoms with Gasteiger partial charge in [-0.15, -0.1) is 13.2 Å². The fourth-order valence-electron chi connectivity index (χ4n) is 1.96. The summed E-state index contributed by atoms with van der Waals surface area (Å²) in [4.78, 5) is 9.52. The van der Waals surface area contributed by atoms with E-state index in [-0.39, 0.29) is 5.75 Å². The van der Waals surface area contributed by atoms with Gasteiger partial charge < -0.3 is 9.47 Å². The van der Waals surface area contributed by atoms with Gasteiger partial charge in [0.1, 0.15) is 10.6 Å². The standard InChI is InChI=1S/C14H11F3N2O6S/c1-24-12-8-9(19(20)21)6-7-13(12)26(22,23)18-10-4-2-3-5-11(10)25-14(15,16)17/h2-8,18H,1H3. The monoisotopic (exact) mass is 392 g/mol. The van der Waals surface area contributed by atoms with Crippen LogP contribution in [0.2, 0.25) is 0 Å². The molecule has 26 heavy (non-hydrogen) atoms. The number of hydrogen-bond donors (Lipinski definition) is 1. The van der Waals surface area contributed by atoms with Crippen LogP contribution < -0.4 is 14.2 Å². The predicted molar refractivity (Wildman–Crippen MR) is 83.6 cm³/mol. The van der Waals surface area contributed by atoms with E-state index in [2.05, 4.69) is 4.74 Å². The van der Waals surface area contributed by atoms with Crippen molar-refractivity contribution >= 4 is 21.4 Å². The Morgan fingerprint density at radius 2 is 1.77 bits per heavy atom. The molecular weight excluding hydrogens is 381 g/mol. The molecule has 2 aromatic rings. The molecule has 0 heterocycles. The van der Waals surface area contributed by atoms with Gasteiger partial charge in [0.05, 0.1) is 23.8 Å². The predicted octanol–water partition coefficient (Wildman–Crippen LogP) is 3.30. The first-order valence-corrected chi connectivity index (χ1v) is 8.22. The van der Waals surface area contributed by atoms with Crippen molar-refractivity contribution in [1.82, 2.24) is 0 Å². The van der Waals surface area contributed by atoms with Crippen molar-refractivity contribution in [2.24, 2.45) is 0 Å². The van der Waals surface area contributed by atoms with Crippen LogP contribution in [0.25, 0.3) is 0 Å². The van der Waals surface area contributed by atoms with Crippen LogP contribution in [0.5, 0.6) is 11.5 Å². The first-order chi connectivity index (χ1) is 12.0. The van der Waals surface area contributed by atoms with Crippen molar-refractivity contribution in [3.8, 4) is 11.5 Å². The molecule has 0 aliphatic heterocycles. The van der Waals surface area contributed by atoms with Gasteiger partial charge in [-0.1, -0.05) is 12.1 Å². The van der Waals surface area contributed by atoms with Gasteiger partial charge in [-0.3, -0.25) is 14.8 Å². The van der Waals surface area contributed by atoms with Gasteiger partial charge in [-0.2, -0.15) is 0 Å². The van der Waals surface area contributed by atoms with Crippen LogP contribution in [-0.4, -0.2) is 26.8 Å². The number of rotatable bonds is 6. The second-order valence-electron chi connectivity index (χ2n) is 4.74. The van der Waals surface area contributed by atoms with Gasteiger partial charge >= 0.3 is 6.36 Å². The maximum absolute atomic E-state index is 12.5. The number of alkyl halides is 3. The third-order valence-corrected chi connectivity index (χ3v) is 4.41. The van der Waals surface area contributed by atoms with Crippen LogP contribution in [0.15, 0.2) is 47.4 Å². The van der Waals surface area contributed by atoms with E-state index in [1.165, 1.54) is 12.1 Å². The van der Waals surface area contributed by atoms with E-state index in [1.54, 1.807) is 0 Å². The number of non-ortho nitro benzene ring substituents is 1. The summed E-state index contributed by atoms with van der Waals surface area (Å²) in [5, 5.41) is 10.8. The highest BCUT2D eigenvalue weighted by Crippen LogP contribution is 2.34. The molecule has 8 nitrogen and oxygen atoms in total. The Hall–Kier alpha value is -3.02. The highest BCUT2D eigenvalue weighted by molar-refractivity contribution is 7.92. The molecule has 0 fully saturated rings. The highest BCUT2D eigenvalue weighted by Gasteiger charge is 2.33. The van der Waals surface area contributed by atoms with Gasteiger partial charge in [0.15, 0.2) is 5.75 Å². The molecule has 140 valence electrons. The highest BCUT2D eigenvalue weighted by atomic mass is 32.2. The second kappa shape index (κ2) is 7.07. The van der Waals surface area contributed by atoms with Crippen LogP contribution in [0, 0.1) is 10.1 Å². The Bertz CT molecular complexity index is 931. The largest absolute Gasteiger partial charge is 0.573 e. The summed E-state index contributed by atoms with van der Waals surface area (Å²) in [7, 11) is -3.33. The molecule has 0 unspecified atom stereocenters. The van der Waals surface area contributed by atoms with Gasteiger partial charge in [-0.25, -0.2) is 8.42 Å². The number of nitrogens with zero attached hydrogens (tertiary/aromatic N) is 1. The molecule has 12 heteroatoms. The van der Waals surface area contributed by atoms with Gasteiger partial charge in [0.2, 0.25) is 0 Å². The smallest absolute Gasteiger partial charge is 0.495 e. The molecule has 0 aliphatic carbocycles. The van der Waals surface area contributed by atoms with E-state index in [1.807, 2.05) is 4.72 Å². The zero-order valence-corrected chi connectivity index (χ0v) is 13.8. The average Bonchev–Trinajstić information content (AvgIpc) is 2.54. The number of nitro groups is 1. The number of nitrogens with one attached hydrogen (secondary N) is 1. The van der Waals surface area contributed by atoms with Crippen LogP contribution in [0.3, 0.4) is 0 Å². The number of benzene rings is 2. The molecule has 2 rings (SSSR count). The Kier molecular flexibility index (Phi) is 5.25. The van der Waals surface area contributed by atoms with Crippen molar-refractivity contribution in [2.45, 2.75) is 11.3 Å².